The van der Waals surface area contributed by atoms with Gasteiger partial charge in [-0.2, -0.15) is 0 Å². The Labute approximate surface area is 85.7 Å². The van der Waals surface area contributed by atoms with Crippen molar-refractivity contribution in [3.63, 3.8) is 0 Å². The first-order valence-corrected chi connectivity index (χ1v) is 5.00. The molecule has 1 saturated heterocycles. The molecular weight excluding hydrogens is 178 g/mol. The van der Waals surface area contributed by atoms with Crippen molar-refractivity contribution in [2.24, 2.45) is 5.92 Å². The first-order valence-electron chi connectivity index (χ1n) is 5.00. The number of hydrogen-bond donors (Lipinski definition) is 0. The lowest BCUT2D eigenvalue weighted by Crippen LogP contribution is -2.48. The second-order valence-corrected chi connectivity index (χ2v) is 4.48. The molecule has 1 amide bonds. The van der Waals surface area contributed by atoms with Gasteiger partial charge in [-0.1, -0.05) is 20.4 Å². The zero-order chi connectivity index (χ0) is 10.9. The van der Waals surface area contributed by atoms with Crippen LogP contribution in [0.2, 0.25) is 0 Å². The van der Waals surface area contributed by atoms with E-state index in [-0.39, 0.29) is 11.9 Å². The number of hydrogen-bond acceptors (Lipinski definition) is 2. The summed E-state index contributed by atoms with van der Waals surface area (Å²) in [7, 11) is 0. The van der Waals surface area contributed by atoms with Gasteiger partial charge >= 0.3 is 0 Å². The molecule has 1 heterocycles. The fourth-order valence-electron chi connectivity index (χ4n) is 1.85. The van der Waals surface area contributed by atoms with Crippen molar-refractivity contribution < 1.29 is 9.53 Å². The highest BCUT2D eigenvalue weighted by atomic mass is 16.5. The molecule has 0 spiro atoms. The van der Waals surface area contributed by atoms with E-state index in [0.717, 1.165) is 0 Å². The van der Waals surface area contributed by atoms with Crippen molar-refractivity contribution in [1.82, 2.24) is 4.90 Å². The maximum Gasteiger partial charge on any atom is 0.248 e. The Hall–Kier alpha value is -0.830. The Morgan fingerprint density at radius 3 is 2.64 bits per heavy atom. The molecule has 80 valence electrons. The molecule has 0 radical (unpaired) electrons. The average Bonchev–Trinajstić information content (AvgIpc) is 2.40. The molecule has 0 N–H and O–H groups in total. The molecule has 0 aromatic heterocycles. The van der Waals surface area contributed by atoms with Gasteiger partial charge in [-0.25, -0.2) is 0 Å². The van der Waals surface area contributed by atoms with Gasteiger partial charge in [-0.05, 0) is 25.8 Å². The van der Waals surface area contributed by atoms with E-state index in [1.807, 2.05) is 13.8 Å². The van der Waals surface area contributed by atoms with Gasteiger partial charge in [0.05, 0.1) is 12.6 Å². The summed E-state index contributed by atoms with van der Waals surface area (Å²) in [5.41, 5.74) is -0.500. The predicted molar refractivity (Wildman–Crippen MR) is 55.7 cm³/mol. The molecule has 1 rings (SSSR count). The van der Waals surface area contributed by atoms with Gasteiger partial charge < -0.3 is 9.64 Å². The van der Waals surface area contributed by atoms with E-state index < -0.39 is 5.72 Å². The third-order valence-electron chi connectivity index (χ3n) is 2.70. The van der Waals surface area contributed by atoms with Crippen LogP contribution in [-0.2, 0) is 9.53 Å². The normalized spacial score (nSPS) is 25.5. The highest BCUT2D eigenvalue weighted by Crippen LogP contribution is 2.30. The van der Waals surface area contributed by atoms with Gasteiger partial charge in [-0.15, -0.1) is 0 Å². The molecule has 3 nitrogen and oxygen atoms in total. The zero-order valence-corrected chi connectivity index (χ0v) is 9.41. The topological polar surface area (TPSA) is 29.5 Å². The lowest BCUT2D eigenvalue weighted by molar-refractivity contribution is -0.141. The molecule has 0 aromatic carbocycles. The minimum Gasteiger partial charge on any atom is -0.354 e. The van der Waals surface area contributed by atoms with Crippen LogP contribution < -0.4 is 0 Å². The third-order valence-corrected chi connectivity index (χ3v) is 2.70. The van der Waals surface area contributed by atoms with Gasteiger partial charge in [0.15, 0.2) is 0 Å². The van der Waals surface area contributed by atoms with Gasteiger partial charge in [0.25, 0.3) is 0 Å². The maximum absolute atomic E-state index is 11.7. The van der Waals surface area contributed by atoms with Crippen LogP contribution in [0.5, 0.6) is 0 Å². The Bertz CT molecular complexity index is 246. The predicted octanol–water partition coefficient (Wildman–Crippen LogP) is 1.79. The van der Waals surface area contributed by atoms with Crippen LogP contribution in [0.25, 0.3) is 0 Å². The van der Waals surface area contributed by atoms with E-state index in [0.29, 0.717) is 12.5 Å². The summed E-state index contributed by atoms with van der Waals surface area (Å²) in [5.74, 6) is 0.354. The summed E-state index contributed by atoms with van der Waals surface area (Å²) < 4.78 is 5.61. The third kappa shape index (κ3) is 1.82. The van der Waals surface area contributed by atoms with Crippen molar-refractivity contribution in [3.05, 3.63) is 12.7 Å². The van der Waals surface area contributed by atoms with E-state index in [2.05, 4.69) is 20.4 Å². The largest absolute Gasteiger partial charge is 0.354 e. The molecule has 1 fully saturated rings. The van der Waals surface area contributed by atoms with Crippen molar-refractivity contribution >= 4 is 5.91 Å². The molecule has 14 heavy (non-hydrogen) atoms. The molecule has 0 unspecified atom stereocenters. The van der Waals surface area contributed by atoms with Crippen molar-refractivity contribution in [1.29, 1.82) is 0 Å². The monoisotopic (exact) mass is 197 g/mol. The van der Waals surface area contributed by atoms with Gasteiger partial charge in [-0.3, -0.25) is 4.79 Å². The summed E-state index contributed by atoms with van der Waals surface area (Å²) in [6, 6.07) is 0.162. The highest BCUT2D eigenvalue weighted by Gasteiger charge is 2.43. The lowest BCUT2D eigenvalue weighted by atomic mass is 10.0. The Morgan fingerprint density at radius 2 is 2.21 bits per heavy atom. The van der Waals surface area contributed by atoms with E-state index >= 15 is 0 Å². The number of amides is 1. The van der Waals surface area contributed by atoms with E-state index in [1.54, 1.807) is 4.90 Å². The molecule has 1 aliphatic heterocycles. The van der Waals surface area contributed by atoms with Crippen LogP contribution >= 0.6 is 0 Å². The first-order chi connectivity index (χ1) is 6.40. The molecule has 0 aromatic rings. The summed E-state index contributed by atoms with van der Waals surface area (Å²) in [4.78, 5) is 13.5. The first kappa shape index (κ1) is 11.2. The van der Waals surface area contributed by atoms with Crippen LogP contribution in [0, 0.1) is 5.92 Å². The minimum atomic E-state index is -0.500. The molecule has 1 aliphatic rings. The molecule has 0 saturated carbocycles. The van der Waals surface area contributed by atoms with Crippen molar-refractivity contribution in [3.8, 4) is 0 Å². The highest BCUT2D eigenvalue weighted by molar-refractivity contribution is 5.88. The van der Waals surface area contributed by atoms with Crippen LogP contribution in [-0.4, -0.2) is 29.2 Å². The molecule has 0 aliphatic carbocycles. The Morgan fingerprint density at radius 1 is 1.64 bits per heavy atom. The summed E-state index contributed by atoms with van der Waals surface area (Å²) in [6.45, 7) is 12.2. The molecule has 3 heteroatoms. The standard InChI is InChI=1S/C11H19NO2/c1-6-10(13)12-9(8(2)3)7-14-11(12,4)5/h6,8-9H,1,7H2,2-5H3/t9-/m1/s1. The lowest BCUT2D eigenvalue weighted by Gasteiger charge is -2.34. The number of ether oxygens (including phenoxy) is 1. The zero-order valence-electron chi connectivity index (χ0n) is 9.41. The fourth-order valence-corrected chi connectivity index (χ4v) is 1.85. The summed E-state index contributed by atoms with van der Waals surface area (Å²) in [5, 5.41) is 0. The minimum absolute atomic E-state index is 0.0498. The van der Waals surface area contributed by atoms with Crippen LogP contribution in [0.1, 0.15) is 27.7 Å². The maximum atomic E-state index is 11.7. The van der Waals surface area contributed by atoms with E-state index in [1.165, 1.54) is 6.08 Å². The van der Waals surface area contributed by atoms with Crippen LogP contribution in [0.15, 0.2) is 12.7 Å². The summed E-state index contributed by atoms with van der Waals surface area (Å²) >= 11 is 0. The second kappa shape index (κ2) is 3.73. The smallest absolute Gasteiger partial charge is 0.248 e. The van der Waals surface area contributed by atoms with Gasteiger partial charge in [0.1, 0.15) is 5.72 Å². The van der Waals surface area contributed by atoms with Crippen LogP contribution in [0.3, 0.4) is 0 Å². The second-order valence-electron chi connectivity index (χ2n) is 4.48. The SMILES string of the molecule is C=CC(=O)N1[C@@H](C(C)C)COC1(C)C. The fraction of sp³-hybridized carbons (Fsp3) is 0.727. The number of nitrogens with zero attached hydrogens (tertiary/aromatic N) is 1. The quantitative estimate of drug-likeness (QED) is 0.632. The molecular formula is C11H19NO2. The molecule has 0 bridgehead atoms. The Kier molecular flexibility index (Phi) is 3.00. The van der Waals surface area contributed by atoms with Crippen LogP contribution in [0.4, 0.5) is 0 Å². The van der Waals surface area contributed by atoms with Gasteiger partial charge in [0, 0.05) is 0 Å². The van der Waals surface area contributed by atoms with E-state index in [9.17, 15) is 4.79 Å². The number of rotatable bonds is 2. The van der Waals surface area contributed by atoms with E-state index in [4.69, 9.17) is 4.74 Å². The summed E-state index contributed by atoms with van der Waals surface area (Å²) in [6.07, 6.45) is 1.35. The van der Waals surface area contributed by atoms with Crippen molar-refractivity contribution in [2.45, 2.75) is 39.5 Å². The number of carbonyl (C=O) groups is 1. The average molecular weight is 197 g/mol. The Balaban J connectivity index is 2.92. The van der Waals surface area contributed by atoms with Crippen molar-refractivity contribution in [2.75, 3.05) is 6.61 Å². The number of carbonyl (C=O) groups excluding carboxylic acids is 1. The van der Waals surface area contributed by atoms with Gasteiger partial charge in [0.2, 0.25) is 5.91 Å². The molecule has 1 atom stereocenters.